The Kier molecular flexibility index (Phi) is 4.67. The van der Waals surface area contributed by atoms with Gasteiger partial charge in [-0.3, -0.25) is 9.48 Å². The summed E-state index contributed by atoms with van der Waals surface area (Å²) in [6, 6.07) is 1.43. The number of nitrogens with one attached hydrogen (secondary N) is 1. The van der Waals surface area contributed by atoms with E-state index in [4.69, 9.17) is 4.42 Å². The van der Waals surface area contributed by atoms with Gasteiger partial charge in [0.25, 0.3) is 5.91 Å². The van der Waals surface area contributed by atoms with Crippen LogP contribution in [0.25, 0.3) is 0 Å². The van der Waals surface area contributed by atoms with Gasteiger partial charge in [0.15, 0.2) is 5.69 Å². The molecule has 3 rings (SSSR count). The Morgan fingerprint density at radius 1 is 1.32 bits per heavy atom. The van der Waals surface area contributed by atoms with Crippen LogP contribution in [-0.2, 0) is 18.1 Å². The van der Waals surface area contributed by atoms with Crippen LogP contribution in [0.4, 0.5) is 13.2 Å². The van der Waals surface area contributed by atoms with Crippen molar-refractivity contribution in [2.45, 2.75) is 72.1 Å². The van der Waals surface area contributed by atoms with E-state index < -0.39 is 34.9 Å². The Hall–Kier alpha value is -2.25. The minimum Gasteiger partial charge on any atom is -0.466 e. The Balaban J connectivity index is 1.97. The van der Waals surface area contributed by atoms with Crippen LogP contribution in [0.1, 0.15) is 80.2 Å². The van der Waals surface area contributed by atoms with Crippen LogP contribution < -0.4 is 5.32 Å². The molecule has 1 amide bonds. The maximum atomic E-state index is 13.7. The number of rotatable bonds is 2. The SMILES string of the molecule is Cc1cc2c(o1)CC(C)(C)C[C@@H]2NC(=O)c1cnn(C(C)(C)C)c1C(F)(F)F. The van der Waals surface area contributed by atoms with Crippen molar-refractivity contribution in [1.82, 2.24) is 15.1 Å². The summed E-state index contributed by atoms with van der Waals surface area (Å²) in [5, 5.41) is 6.65. The van der Waals surface area contributed by atoms with Crippen molar-refractivity contribution in [2.24, 2.45) is 5.41 Å². The highest BCUT2D eigenvalue weighted by Gasteiger charge is 2.43. The van der Waals surface area contributed by atoms with Crippen molar-refractivity contribution in [3.05, 3.63) is 40.6 Å². The van der Waals surface area contributed by atoms with Crippen LogP contribution in [0.3, 0.4) is 0 Å². The first kappa shape index (κ1) is 20.5. The molecule has 8 heteroatoms. The Labute approximate surface area is 162 Å². The monoisotopic (exact) mass is 397 g/mol. The van der Waals surface area contributed by atoms with Gasteiger partial charge in [0.05, 0.1) is 23.3 Å². The lowest BCUT2D eigenvalue weighted by Gasteiger charge is -2.34. The van der Waals surface area contributed by atoms with E-state index in [0.29, 0.717) is 6.42 Å². The summed E-state index contributed by atoms with van der Waals surface area (Å²) in [6.07, 6.45) is -2.36. The molecule has 0 fully saturated rings. The first-order valence-electron chi connectivity index (χ1n) is 9.25. The number of carbonyl (C=O) groups is 1. The van der Waals surface area contributed by atoms with Crippen molar-refractivity contribution in [3.63, 3.8) is 0 Å². The van der Waals surface area contributed by atoms with Crippen molar-refractivity contribution in [3.8, 4) is 0 Å². The minimum absolute atomic E-state index is 0.141. The smallest absolute Gasteiger partial charge is 0.433 e. The number of halogens is 3. The quantitative estimate of drug-likeness (QED) is 0.776. The molecule has 0 aromatic carbocycles. The second-order valence-electron chi connectivity index (χ2n) is 9.29. The molecule has 0 saturated heterocycles. The lowest BCUT2D eigenvalue weighted by Crippen LogP contribution is -2.37. The van der Waals surface area contributed by atoms with Gasteiger partial charge in [-0.25, -0.2) is 0 Å². The molecule has 28 heavy (non-hydrogen) atoms. The van der Waals surface area contributed by atoms with Crippen molar-refractivity contribution >= 4 is 5.91 Å². The molecule has 0 aliphatic heterocycles. The van der Waals surface area contributed by atoms with Gasteiger partial charge in [-0.2, -0.15) is 18.3 Å². The first-order valence-corrected chi connectivity index (χ1v) is 9.25. The van der Waals surface area contributed by atoms with E-state index in [0.717, 1.165) is 34.4 Å². The minimum atomic E-state index is -4.69. The van der Waals surface area contributed by atoms with Gasteiger partial charge in [0, 0.05) is 12.0 Å². The Bertz CT molecular complexity index is 901. The van der Waals surface area contributed by atoms with Gasteiger partial charge >= 0.3 is 6.18 Å². The molecule has 5 nitrogen and oxygen atoms in total. The predicted molar refractivity (Wildman–Crippen MR) is 98.0 cm³/mol. The molecule has 0 radical (unpaired) electrons. The summed E-state index contributed by atoms with van der Waals surface area (Å²) in [5.41, 5.74) is -1.71. The molecule has 2 aromatic heterocycles. The average Bonchev–Trinajstić information content (AvgIpc) is 3.08. The number of carbonyl (C=O) groups excluding carboxylic acids is 1. The van der Waals surface area contributed by atoms with Crippen LogP contribution >= 0.6 is 0 Å². The highest BCUT2D eigenvalue weighted by Crippen LogP contribution is 2.42. The van der Waals surface area contributed by atoms with Crippen LogP contribution in [-0.4, -0.2) is 15.7 Å². The number of alkyl halides is 3. The van der Waals surface area contributed by atoms with E-state index in [1.54, 1.807) is 20.8 Å². The molecule has 1 atom stereocenters. The highest BCUT2D eigenvalue weighted by molar-refractivity contribution is 5.95. The average molecular weight is 397 g/mol. The molecule has 0 bridgehead atoms. The van der Waals surface area contributed by atoms with Gasteiger partial charge in [-0.15, -0.1) is 0 Å². The molecule has 1 aliphatic rings. The summed E-state index contributed by atoms with van der Waals surface area (Å²) in [4.78, 5) is 12.9. The van der Waals surface area contributed by atoms with Crippen molar-refractivity contribution in [1.29, 1.82) is 0 Å². The van der Waals surface area contributed by atoms with Gasteiger partial charge in [0.2, 0.25) is 0 Å². The fourth-order valence-corrected chi connectivity index (χ4v) is 3.85. The molecule has 154 valence electrons. The van der Waals surface area contributed by atoms with E-state index >= 15 is 0 Å². The number of amides is 1. The lowest BCUT2D eigenvalue weighted by molar-refractivity contribution is -0.146. The summed E-state index contributed by atoms with van der Waals surface area (Å²) < 4.78 is 47.8. The second-order valence-corrected chi connectivity index (χ2v) is 9.29. The Morgan fingerprint density at radius 3 is 2.54 bits per heavy atom. The molecular weight excluding hydrogens is 371 g/mol. The van der Waals surface area contributed by atoms with Crippen molar-refractivity contribution in [2.75, 3.05) is 0 Å². The first-order chi connectivity index (χ1) is 12.7. The zero-order chi connectivity index (χ0) is 21.1. The molecule has 0 saturated carbocycles. The molecule has 0 unspecified atom stereocenters. The zero-order valence-electron chi connectivity index (χ0n) is 17.0. The van der Waals surface area contributed by atoms with Gasteiger partial charge < -0.3 is 9.73 Å². The van der Waals surface area contributed by atoms with E-state index in [2.05, 4.69) is 10.4 Å². The maximum absolute atomic E-state index is 13.7. The molecule has 2 heterocycles. The third-order valence-corrected chi connectivity index (χ3v) is 4.96. The number of hydrogen-bond donors (Lipinski definition) is 1. The summed E-state index contributed by atoms with van der Waals surface area (Å²) >= 11 is 0. The maximum Gasteiger partial charge on any atom is 0.433 e. The van der Waals surface area contributed by atoms with Gasteiger partial charge in [-0.05, 0) is 45.6 Å². The molecule has 1 N–H and O–H groups in total. The largest absolute Gasteiger partial charge is 0.466 e. The van der Waals surface area contributed by atoms with Crippen LogP contribution in [0, 0.1) is 12.3 Å². The number of aryl methyl sites for hydroxylation is 1. The fourth-order valence-electron chi connectivity index (χ4n) is 3.85. The topological polar surface area (TPSA) is 60.1 Å². The zero-order valence-corrected chi connectivity index (χ0v) is 17.0. The molecule has 2 aromatic rings. The third kappa shape index (κ3) is 3.82. The number of aromatic nitrogens is 2. The molecule has 0 spiro atoms. The van der Waals surface area contributed by atoms with E-state index in [1.807, 2.05) is 26.8 Å². The van der Waals surface area contributed by atoms with Gasteiger partial charge in [0.1, 0.15) is 11.5 Å². The lowest BCUT2D eigenvalue weighted by atomic mass is 9.74. The predicted octanol–water partition coefficient (Wildman–Crippen LogP) is 5.00. The second kappa shape index (κ2) is 6.39. The number of fused-ring (bicyclic) bond motifs is 1. The van der Waals surface area contributed by atoms with E-state index in [1.165, 1.54) is 0 Å². The van der Waals surface area contributed by atoms with Crippen LogP contribution in [0.15, 0.2) is 16.7 Å². The van der Waals surface area contributed by atoms with Crippen molar-refractivity contribution < 1.29 is 22.4 Å². The third-order valence-electron chi connectivity index (χ3n) is 4.96. The fraction of sp³-hybridized carbons (Fsp3) is 0.600. The number of nitrogens with zero attached hydrogens (tertiary/aromatic N) is 2. The molecule has 1 aliphatic carbocycles. The standard InChI is InChI=1S/C20H26F3N3O2/c1-11-7-12-14(8-19(5,6)9-15(12)28-11)25-17(27)13-10-24-26(18(2,3)4)16(13)20(21,22)23/h7,10,14H,8-9H2,1-6H3,(H,25,27)/t14-/m0/s1. The highest BCUT2D eigenvalue weighted by atomic mass is 19.4. The van der Waals surface area contributed by atoms with Crippen LogP contribution in [0.2, 0.25) is 0 Å². The van der Waals surface area contributed by atoms with Crippen LogP contribution in [0.5, 0.6) is 0 Å². The number of furan rings is 1. The summed E-state index contributed by atoms with van der Waals surface area (Å²) in [6.45, 7) is 10.8. The Morgan fingerprint density at radius 2 is 1.96 bits per heavy atom. The van der Waals surface area contributed by atoms with E-state index in [-0.39, 0.29) is 5.41 Å². The number of hydrogen-bond acceptors (Lipinski definition) is 3. The molecular formula is C20H26F3N3O2. The van der Waals surface area contributed by atoms with Gasteiger partial charge in [-0.1, -0.05) is 13.8 Å². The van der Waals surface area contributed by atoms with E-state index in [9.17, 15) is 18.0 Å². The summed E-state index contributed by atoms with van der Waals surface area (Å²) in [5.74, 6) is 0.717. The normalized spacial score (nSPS) is 19.4. The summed E-state index contributed by atoms with van der Waals surface area (Å²) in [7, 11) is 0.